The summed E-state index contributed by atoms with van der Waals surface area (Å²) in [5, 5.41) is 0. The van der Waals surface area contributed by atoms with Gasteiger partial charge in [0.05, 0.1) is 26.9 Å². The van der Waals surface area contributed by atoms with Crippen LogP contribution in [0.2, 0.25) is 0 Å². The number of hydrogen-bond donors (Lipinski definition) is 0. The molecule has 4 heteroatoms. The number of carbonyl (C=O) groups is 1. The Morgan fingerprint density at radius 2 is 2.00 bits per heavy atom. The SMILES string of the molecule is CCOC(=O)C=CCOCc1ccc(OC)cc1. The molecule has 1 aromatic rings. The number of benzene rings is 1. The molecule has 0 N–H and O–H groups in total. The maximum atomic E-state index is 11.0. The second-order valence-electron chi connectivity index (χ2n) is 3.52. The van der Waals surface area contributed by atoms with E-state index in [1.165, 1.54) is 6.08 Å². The molecule has 0 saturated carbocycles. The molecular formula is C14H18O4. The fraction of sp³-hybridized carbons (Fsp3) is 0.357. The van der Waals surface area contributed by atoms with Gasteiger partial charge >= 0.3 is 5.97 Å². The average Bonchev–Trinajstić information content (AvgIpc) is 2.39. The minimum atomic E-state index is -0.342. The van der Waals surface area contributed by atoms with Crippen LogP contribution in [0.3, 0.4) is 0 Å². The highest BCUT2D eigenvalue weighted by Crippen LogP contribution is 2.11. The lowest BCUT2D eigenvalue weighted by molar-refractivity contribution is -0.137. The Morgan fingerprint density at radius 3 is 2.61 bits per heavy atom. The Morgan fingerprint density at radius 1 is 1.28 bits per heavy atom. The van der Waals surface area contributed by atoms with Gasteiger partial charge in [-0.15, -0.1) is 0 Å². The molecule has 18 heavy (non-hydrogen) atoms. The molecule has 0 aliphatic heterocycles. The lowest BCUT2D eigenvalue weighted by Gasteiger charge is -2.03. The largest absolute Gasteiger partial charge is 0.497 e. The van der Waals surface area contributed by atoms with Crippen LogP contribution in [0.5, 0.6) is 5.75 Å². The minimum absolute atomic E-state index is 0.342. The van der Waals surface area contributed by atoms with Crippen LogP contribution in [0, 0.1) is 0 Å². The molecule has 0 aliphatic rings. The fourth-order valence-electron chi connectivity index (χ4n) is 1.30. The lowest BCUT2D eigenvalue weighted by Crippen LogP contribution is -2.00. The molecule has 0 heterocycles. The molecule has 4 nitrogen and oxygen atoms in total. The van der Waals surface area contributed by atoms with Crippen LogP contribution in [0.4, 0.5) is 0 Å². The summed E-state index contributed by atoms with van der Waals surface area (Å²) in [5.74, 6) is 0.478. The monoisotopic (exact) mass is 250 g/mol. The Kier molecular flexibility index (Phi) is 6.58. The fourth-order valence-corrected chi connectivity index (χ4v) is 1.30. The maximum absolute atomic E-state index is 11.0. The van der Waals surface area contributed by atoms with Gasteiger partial charge in [0.1, 0.15) is 5.75 Å². The zero-order chi connectivity index (χ0) is 13.2. The van der Waals surface area contributed by atoms with Crippen molar-refractivity contribution in [2.24, 2.45) is 0 Å². The second kappa shape index (κ2) is 8.31. The number of carbonyl (C=O) groups excluding carboxylic acids is 1. The number of hydrogen-bond acceptors (Lipinski definition) is 4. The van der Waals surface area contributed by atoms with Crippen molar-refractivity contribution in [3.8, 4) is 5.75 Å². The number of methoxy groups -OCH3 is 1. The third kappa shape index (κ3) is 5.50. The van der Waals surface area contributed by atoms with Gasteiger partial charge in [-0.1, -0.05) is 18.2 Å². The van der Waals surface area contributed by atoms with Crippen molar-refractivity contribution in [2.75, 3.05) is 20.3 Å². The third-order valence-electron chi connectivity index (χ3n) is 2.18. The molecular weight excluding hydrogens is 232 g/mol. The second-order valence-corrected chi connectivity index (χ2v) is 3.52. The van der Waals surface area contributed by atoms with E-state index >= 15 is 0 Å². The van der Waals surface area contributed by atoms with Crippen LogP contribution in [0.25, 0.3) is 0 Å². The van der Waals surface area contributed by atoms with Gasteiger partial charge < -0.3 is 14.2 Å². The molecule has 0 saturated heterocycles. The van der Waals surface area contributed by atoms with Crippen molar-refractivity contribution in [3.63, 3.8) is 0 Å². The number of ether oxygens (including phenoxy) is 3. The van der Waals surface area contributed by atoms with Gasteiger partial charge in [-0.2, -0.15) is 0 Å². The summed E-state index contributed by atoms with van der Waals surface area (Å²) in [6, 6.07) is 7.64. The van der Waals surface area contributed by atoms with Crippen LogP contribution < -0.4 is 4.74 Å². The highest BCUT2D eigenvalue weighted by molar-refractivity contribution is 5.81. The molecule has 0 bridgehead atoms. The molecule has 0 atom stereocenters. The first-order valence-electron chi connectivity index (χ1n) is 5.80. The van der Waals surface area contributed by atoms with Crippen molar-refractivity contribution in [3.05, 3.63) is 42.0 Å². The van der Waals surface area contributed by atoms with Crippen LogP contribution in [-0.2, 0) is 20.9 Å². The van der Waals surface area contributed by atoms with Gasteiger partial charge in [-0.25, -0.2) is 4.79 Å². The summed E-state index contributed by atoms with van der Waals surface area (Å²) < 4.78 is 15.2. The van der Waals surface area contributed by atoms with Crippen LogP contribution in [-0.4, -0.2) is 26.3 Å². The summed E-state index contributed by atoms with van der Waals surface area (Å²) in [6.07, 6.45) is 3.01. The van der Waals surface area contributed by atoms with E-state index in [4.69, 9.17) is 14.2 Å². The third-order valence-corrected chi connectivity index (χ3v) is 2.18. The van der Waals surface area contributed by atoms with E-state index in [9.17, 15) is 4.79 Å². The molecule has 0 amide bonds. The quantitative estimate of drug-likeness (QED) is 0.423. The smallest absolute Gasteiger partial charge is 0.330 e. The Hall–Kier alpha value is -1.81. The van der Waals surface area contributed by atoms with E-state index < -0.39 is 0 Å². The first-order valence-corrected chi connectivity index (χ1v) is 5.80. The van der Waals surface area contributed by atoms with E-state index in [0.717, 1.165) is 11.3 Å². The van der Waals surface area contributed by atoms with E-state index in [-0.39, 0.29) is 5.97 Å². The van der Waals surface area contributed by atoms with Gasteiger partial charge in [0.2, 0.25) is 0 Å². The maximum Gasteiger partial charge on any atom is 0.330 e. The van der Waals surface area contributed by atoms with E-state index in [0.29, 0.717) is 19.8 Å². The van der Waals surface area contributed by atoms with Gasteiger partial charge in [0.15, 0.2) is 0 Å². The molecule has 0 fully saturated rings. The van der Waals surface area contributed by atoms with Gasteiger partial charge in [-0.05, 0) is 24.6 Å². The van der Waals surface area contributed by atoms with E-state index in [1.54, 1.807) is 20.1 Å². The Bertz CT molecular complexity index is 381. The zero-order valence-corrected chi connectivity index (χ0v) is 10.7. The molecule has 1 rings (SSSR count). The molecule has 0 aromatic heterocycles. The topological polar surface area (TPSA) is 44.8 Å². The Labute approximate surface area is 107 Å². The predicted molar refractivity (Wildman–Crippen MR) is 68.4 cm³/mol. The molecule has 0 aliphatic carbocycles. The van der Waals surface area contributed by atoms with E-state index in [2.05, 4.69) is 0 Å². The lowest BCUT2D eigenvalue weighted by atomic mass is 10.2. The van der Waals surface area contributed by atoms with Gasteiger partial charge in [0, 0.05) is 6.08 Å². The van der Waals surface area contributed by atoms with Crippen molar-refractivity contribution >= 4 is 5.97 Å². The first-order chi connectivity index (χ1) is 8.76. The summed E-state index contributed by atoms with van der Waals surface area (Å²) in [7, 11) is 1.63. The van der Waals surface area contributed by atoms with Crippen LogP contribution in [0.15, 0.2) is 36.4 Å². The molecule has 0 unspecified atom stereocenters. The Balaban J connectivity index is 2.23. The summed E-state index contributed by atoms with van der Waals surface area (Å²) >= 11 is 0. The molecule has 0 spiro atoms. The zero-order valence-electron chi connectivity index (χ0n) is 10.7. The van der Waals surface area contributed by atoms with E-state index in [1.807, 2.05) is 24.3 Å². The highest BCUT2D eigenvalue weighted by atomic mass is 16.5. The van der Waals surface area contributed by atoms with Gasteiger partial charge in [0.25, 0.3) is 0 Å². The summed E-state index contributed by atoms with van der Waals surface area (Å²) in [4.78, 5) is 11.0. The highest BCUT2D eigenvalue weighted by Gasteiger charge is 1.95. The normalized spacial score (nSPS) is 10.6. The van der Waals surface area contributed by atoms with Crippen molar-refractivity contribution in [1.29, 1.82) is 0 Å². The van der Waals surface area contributed by atoms with Crippen LogP contribution in [0.1, 0.15) is 12.5 Å². The average molecular weight is 250 g/mol. The van der Waals surface area contributed by atoms with Crippen molar-refractivity contribution in [2.45, 2.75) is 13.5 Å². The molecule has 1 aromatic carbocycles. The predicted octanol–water partition coefficient (Wildman–Crippen LogP) is 2.33. The van der Waals surface area contributed by atoms with Crippen LogP contribution >= 0.6 is 0 Å². The first kappa shape index (κ1) is 14.3. The minimum Gasteiger partial charge on any atom is -0.497 e. The number of esters is 1. The molecule has 0 radical (unpaired) electrons. The van der Waals surface area contributed by atoms with Gasteiger partial charge in [-0.3, -0.25) is 0 Å². The van der Waals surface area contributed by atoms with Crippen molar-refractivity contribution < 1.29 is 19.0 Å². The van der Waals surface area contributed by atoms with Crippen molar-refractivity contribution in [1.82, 2.24) is 0 Å². The number of rotatable bonds is 7. The standard InChI is InChI=1S/C14H18O4/c1-3-18-14(15)5-4-10-17-11-12-6-8-13(16-2)9-7-12/h4-9H,3,10-11H2,1-2H3. The summed E-state index contributed by atoms with van der Waals surface area (Å²) in [6.45, 7) is 3.03. The molecule has 98 valence electrons. The summed E-state index contributed by atoms with van der Waals surface area (Å²) in [5.41, 5.74) is 1.06.